The van der Waals surface area contributed by atoms with Crippen molar-refractivity contribution in [2.75, 3.05) is 6.54 Å². The van der Waals surface area contributed by atoms with Gasteiger partial charge in [-0.2, -0.15) is 0 Å². The molecule has 0 bridgehead atoms. The molecule has 4 atom stereocenters. The van der Waals surface area contributed by atoms with Crippen LogP contribution in [-0.4, -0.2) is 45.0 Å². The number of nitrogens with zero attached hydrogens (tertiary/aromatic N) is 2. The monoisotopic (exact) mass is 358 g/mol. The number of carbonyl (C=O) groups is 2. The molecule has 0 aliphatic carbocycles. The maximum atomic E-state index is 12.6. The van der Waals surface area contributed by atoms with Crippen LogP contribution in [0.2, 0.25) is 0 Å². The fourth-order valence-electron chi connectivity index (χ4n) is 3.46. The second-order valence-corrected chi connectivity index (χ2v) is 7.57. The first-order valence-corrected chi connectivity index (χ1v) is 8.97. The molecule has 1 aromatic rings. The summed E-state index contributed by atoms with van der Waals surface area (Å²) < 4.78 is 0. The molecule has 1 amide bonds. The second kappa shape index (κ2) is 5.89. The lowest BCUT2D eigenvalue weighted by Crippen LogP contribution is -2.66. The highest BCUT2D eigenvalue weighted by Gasteiger charge is 2.57. The smallest absolute Gasteiger partial charge is 0.352 e. The number of hydrogen-bond donors (Lipinski definition) is 3. The Hall–Kier alpha value is -2.32. The predicted octanol–water partition coefficient (Wildman–Crippen LogP) is 0.904. The van der Waals surface area contributed by atoms with Gasteiger partial charge in [0.1, 0.15) is 22.8 Å². The number of nitrogens with two attached hydrogens (primary N) is 1. The van der Waals surface area contributed by atoms with Gasteiger partial charge in [-0.15, -0.1) is 11.8 Å². The molecule has 0 spiro atoms. The van der Waals surface area contributed by atoms with E-state index in [1.54, 1.807) is 6.92 Å². The third kappa shape index (κ3) is 2.44. The van der Waals surface area contributed by atoms with Crippen molar-refractivity contribution in [1.29, 1.82) is 0 Å². The van der Waals surface area contributed by atoms with Gasteiger partial charge in [-0.25, -0.2) is 4.79 Å². The van der Waals surface area contributed by atoms with Crippen LogP contribution in [0.25, 0.3) is 0 Å². The molecule has 1 fully saturated rings. The lowest BCUT2D eigenvalue weighted by Gasteiger charge is -2.50. The predicted molar refractivity (Wildman–Crippen MR) is 94.6 cm³/mol. The SMILES string of the molecule is CC1=C(C(=O)O)N2C(=O)C(C3=NCC(c4ccccc4)N3)[C@H]2SC1N. The molecule has 1 saturated heterocycles. The van der Waals surface area contributed by atoms with E-state index in [9.17, 15) is 14.7 Å². The molecule has 0 aromatic heterocycles. The summed E-state index contributed by atoms with van der Waals surface area (Å²) in [6.45, 7) is 2.22. The van der Waals surface area contributed by atoms with Gasteiger partial charge in [-0.3, -0.25) is 14.7 Å². The van der Waals surface area contributed by atoms with Crippen LogP contribution in [0.1, 0.15) is 18.5 Å². The number of carboxylic acids is 1. The summed E-state index contributed by atoms with van der Waals surface area (Å²) in [5.41, 5.74) is 7.70. The summed E-state index contributed by atoms with van der Waals surface area (Å²) >= 11 is 1.40. The molecule has 4 rings (SSSR count). The highest BCUT2D eigenvalue weighted by Crippen LogP contribution is 2.46. The number of hydrogen-bond acceptors (Lipinski definition) is 6. The highest BCUT2D eigenvalue weighted by atomic mass is 32.2. The second-order valence-electron chi connectivity index (χ2n) is 6.30. The highest BCUT2D eigenvalue weighted by molar-refractivity contribution is 8.00. The Balaban J connectivity index is 1.55. The van der Waals surface area contributed by atoms with Crippen LogP contribution in [0.3, 0.4) is 0 Å². The number of benzene rings is 1. The average Bonchev–Trinajstić information content (AvgIpc) is 3.07. The number of aliphatic imine (C=N–C) groups is 1. The minimum absolute atomic E-state index is 0.00991. The van der Waals surface area contributed by atoms with Gasteiger partial charge in [-0.1, -0.05) is 30.3 Å². The van der Waals surface area contributed by atoms with Gasteiger partial charge in [0.15, 0.2) is 0 Å². The Morgan fingerprint density at radius 3 is 2.80 bits per heavy atom. The van der Waals surface area contributed by atoms with E-state index in [4.69, 9.17) is 5.73 Å². The molecule has 0 saturated carbocycles. The van der Waals surface area contributed by atoms with Crippen molar-refractivity contribution in [2.45, 2.75) is 23.7 Å². The van der Waals surface area contributed by atoms with Gasteiger partial charge < -0.3 is 16.2 Å². The number of nitrogens with one attached hydrogen (secondary N) is 1. The molecule has 25 heavy (non-hydrogen) atoms. The maximum absolute atomic E-state index is 12.6. The molecule has 3 unspecified atom stereocenters. The first-order valence-electron chi connectivity index (χ1n) is 8.03. The molecule has 3 aliphatic heterocycles. The summed E-state index contributed by atoms with van der Waals surface area (Å²) in [6, 6.07) is 9.96. The Kier molecular flexibility index (Phi) is 3.81. The fraction of sp³-hybridized carbons (Fsp3) is 0.353. The standard InChI is InChI=1S/C17H18N4O3S/c1-8-12(17(23)24)21-15(22)11(16(21)25-13(8)18)14-19-7-10(20-14)9-5-3-2-4-6-9/h2-6,10-11,13,16H,7,18H2,1H3,(H,19,20)(H,23,24)/t10?,11?,13?,16-/m1/s1. The Labute approximate surface area is 149 Å². The molecular weight excluding hydrogens is 340 g/mol. The van der Waals surface area contributed by atoms with Crippen molar-refractivity contribution in [3.63, 3.8) is 0 Å². The van der Waals surface area contributed by atoms with Crippen LogP contribution in [0.15, 0.2) is 46.6 Å². The van der Waals surface area contributed by atoms with Gasteiger partial charge in [0.25, 0.3) is 0 Å². The number of fused-ring (bicyclic) bond motifs is 1. The van der Waals surface area contributed by atoms with E-state index in [0.717, 1.165) is 5.56 Å². The Bertz CT molecular complexity index is 807. The molecular formula is C17H18N4O3S. The third-order valence-corrected chi connectivity index (χ3v) is 6.24. The molecule has 130 valence electrons. The van der Waals surface area contributed by atoms with E-state index in [1.165, 1.54) is 16.7 Å². The largest absolute Gasteiger partial charge is 0.477 e. The van der Waals surface area contributed by atoms with Gasteiger partial charge in [-0.05, 0) is 18.1 Å². The number of rotatable bonds is 3. The summed E-state index contributed by atoms with van der Waals surface area (Å²) in [4.78, 5) is 30.1. The number of β-lactam (4-membered cyclic amide) rings is 1. The number of carbonyl (C=O) groups excluding carboxylic acids is 1. The molecule has 0 radical (unpaired) electrons. The first kappa shape index (κ1) is 16.2. The lowest BCUT2D eigenvalue weighted by molar-refractivity contribution is -0.149. The van der Waals surface area contributed by atoms with Crippen LogP contribution < -0.4 is 11.1 Å². The molecule has 8 heteroatoms. The molecule has 3 heterocycles. The van der Waals surface area contributed by atoms with Crippen molar-refractivity contribution in [1.82, 2.24) is 10.2 Å². The van der Waals surface area contributed by atoms with E-state index >= 15 is 0 Å². The van der Waals surface area contributed by atoms with E-state index < -0.39 is 17.3 Å². The normalized spacial score (nSPS) is 31.2. The fourth-order valence-corrected chi connectivity index (χ4v) is 4.81. The molecule has 3 aliphatic rings. The van der Waals surface area contributed by atoms with Crippen LogP contribution >= 0.6 is 11.8 Å². The molecule has 1 aromatic carbocycles. The summed E-state index contributed by atoms with van der Waals surface area (Å²) in [7, 11) is 0. The lowest BCUT2D eigenvalue weighted by atomic mass is 9.94. The minimum Gasteiger partial charge on any atom is -0.477 e. The Morgan fingerprint density at radius 1 is 1.40 bits per heavy atom. The van der Waals surface area contributed by atoms with Gasteiger partial charge in [0, 0.05) is 0 Å². The van der Waals surface area contributed by atoms with E-state index in [-0.39, 0.29) is 23.0 Å². The van der Waals surface area contributed by atoms with Crippen molar-refractivity contribution < 1.29 is 14.7 Å². The zero-order valence-electron chi connectivity index (χ0n) is 13.5. The van der Waals surface area contributed by atoms with Crippen LogP contribution in [0, 0.1) is 5.92 Å². The zero-order valence-corrected chi connectivity index (χ0v) is 14.4. The number of amidine groups is 1. The summed E-state index contributed by atoms with van der Waals surface area (Å²) in [5.74, 6) is -1.19. The Morgan fingerprint density at radius 2 is 2.12 bits per heavy atom. The topological polar surface area (TPSA) is 108 Å². The minimum atomic E-state index is -1.12. The van der Waals surface area contributed by atoms with Crippen molar-refractivity contribution in [3.05, 3.63) is 47.2 Å². The number of amides is 1. The van der Waals surface area contributed by atoms with Crippen molar-refractivity contribution in [2.24, 2.45) is 16.6 Å². The zero-order chi connectivity index (χ0) is 17.7. The third-order valence-electron chi connectivity index (χ3n) is 4.84. The van der Waals surface area contributed by atoms with Gasteiger partial charge >= 0.3 is 5.97 Å². The van der Waals surface area contributed by atoms with Gasteiger partial charge in [0.2, 0.25) is 5.91 Å². The average molecular weight is 358 g/mol. The van der Waals surface area contributed by atoms with Crippen LogP contribution in [0.4, 0.5) is 0 Å². The molecule has 7 nitrogen and oxygen atoms in total. The number of aliphatic carboxylic acids is 1. The summed E-state index contributed by atoms with van der Waals surface area (Å²) in [5, 5.41) is 12.0. The quantitative estimate of drug-likeness (QED) is 0.693. The van der Waals surface area contributed by atoms with E-state index in [0.29, 0.717) is 18.0 Å². The van der Waals surface area contributed by atoms with E-state index in [1.807, 2.05) is 30.3 Å². The van der Waals surface area contributed by atoms with Crippen LogP contribution in [-0.2, 0) is 9.59 Å². The van der Waals surface area contributed by atoms with Gasteiger partial charge in [0.05, 0.1) is 18.0 Å². The number of carboxylic acid groups (broad SMARTS) is 1. The summed E-state index contributed by atoms with van der Waals surface area (Å²) in [6.07, 6.45) is 0. The van der Waals surface area contributed by atoms with Crippen molar-refractivity contribution in [3.8, 4) is 0 Å². The van der Waals surface area contributed by atoms with E-state index in [2.05, 4.69) is 10.3 Å². The maximum Gasteiger partial charge on any atom is 0.352 e. The molecule has 4 N–H and O–H groups in total. The van der Waals surface area contributed by atoms with Crippen molar-refractivity contribution >= 4 is 29.5 Å². The number of thioether (sulfide) groups is 1. The van der Waals surface area contributed by atoms with Crippen LogP contribution in [0.5, 0.6) is 0 Å². The first-order chi connectivity index (χ1) is 12.0.